The van der Waals surface area contributed by atoms with E-state index in [0.29, 0.717) is 37.7 Å². The molecule has 1 fully saturated rings. The summed E-state index contributed by atoms with van der Waals surface area (Å²) in [6.07, 6.45) is 2.74. The van der Waals surface area contributed by atoms with Crippen LogP contribution in [0.2, 0.25) is 0 Å². The van der Waals surface area contributed by atoms with Crippen molar-refractivity contribution in [3.05, 3.63) is 36.8 Å². The molecule has 0 spiro atoms. The van der Waals surface area contributed by atoms with Gasteiger partial charge in [0.25, 0.3) is 5.91 Å². The Labute approximate surface area is 161 Å². The van der Waals surface area contributed by atoms with Gasteiger partial charge in [-0.3, -0.25) is 9.48 Å². The van der Waals surface area contributed by atoms with Crippen molar-refractivity contribution in [3.63, 3.8) is 0 Å². The summed E-state index contributed by atoms with van der Waals surface area (Å²) in [7, 11) is 1.86. The minimum atomic E-state index is -0.606. The molecule has 144 valence electrons. The quantitative estimate of drug-likeness (QED) is 0.652. The van der Waals surface area contributed by atoms with E-state index in [-0.39, 0.29) is 12.5 Å². The highest BCUT2D eigenvalue weighted by molar-refractivity contribution is 5.87. The molecule has 0 aliphatic carbocycles. The second-order valence-electron chi connectivity index (χ2n) is 6.88. The van der Waals surface area contributed by atoms with Crippen LogP contribution in [0.1, 0.15) is 0 Å². The number of hydrogen-bond acceptors (Lipinski definition) is 7. The lowest BCUT2D eigenvalue weighted by Gasteiger charge is -2.37. The van der Waals surface area contributed by atoms with E-state index in [0.717, 1.165) is 16.9 Å². The monoisotopic (exact) mass is 380 g/mol. The Kier molecular flexibility index (Phi) is 4.00. The van der Waals surface area contributed by atoms with Gasteiger partial charge in [-0.1, -0.05) is 12.1 Å². The summed E-state index contributed by atoms with van der Waals surface area (Å²) in [6.45, 7) is 2.82. The Balaban J connectivity index is 1.26. The molecule has 4 heterocycles. The fourth-order valence-corrected chi connectivity index (χ4v) is 3.69. The zero-order chi connectivity index (χ0) is 19.1. The smallest absolute Gasteiger partial charge is 0.267 e. The van der Waals surface area contributed by atoms with Crippen LogP contribution in [0.3, 0.4) is 0 Å². The van der Waals surface area contributed by atoms with Gasteiger partial charge >= 0.3 is 0 Å². The first kappa shape index (κ1) is 16.8. The van der Waals surface area contributed by atoms with E-state index in [1.165, 1.54) is 0 Å². The van der Waals surface area contributed by atoms with Crippen LogP contribution >= 0.6 is 0 Å². The lowest BCUT2D eigenvalue weighted by molar-refractivity contribution is -0.141. The van der Waals surface area contributed by atoms with Gasteiger partial charge in [0, 0.05) is 33.2 Å². The molecule has 2 aliphatic heterocycles. The van der Waals surface area contributed by atoms with Crippen LogP contribution in [0.5, 0.6) is 11.5 Å². The molecule has 9 nitrogen and oxygen atoms in total. The Morgan fingerprint density at radius 2 is 1.89 bits per heavy atom. The molecule has 1 aromatic carbocycles. The first-order valence-corrected chi connectivity index (χ1v) is 9.25. The molecule has 3 aromatic rings. The molecular formula is C19H20N6O3. The van der Waals surface area contributed by atoms with Gasteiger partial charge in [-0.15, -0.1) is 0 Å². The Bertz CT molecular complexity index is 1030. The first-order chi connectivity index (χ1) is 13.7. The minimum Gasteiger partial charge on any atom is -0.485 e. The molecule has 1 amide bonds. The molecule has 1 unspecified atom stereocenters. The molecule has 2 aliphatic rings. The van der Waals surface area contributed by atoms with Gasteiger partial charge in [0.15, 0.2) is 17.1 Å². The van der Waals surface area contributed by atoms with E-state index in [1.807, 2.05) is 36.2 Å². The Morgan fingerprint density at radius 1 is 1.11 bits per heavy atom. The lowest BCUT2D eigenvalue weighted by Crippen LogP contribution is -2.54. The van der Waals surface area contributed by atoms with Crippen LogP contribution in [0, 0.1) is 0 Å². The van der Waals surface area contributed by atoms with Gasteiger partial charge in [0.05, 0.1) is 11.6 Å². The average molecular weight is 380 g/mol. The van der Waals surface area contributed by atoms with Crippen LogP contribution in [-0.2, 0) is 11.8 Å². The van der Waals surface area contributed by atoms with Crippen molar-refractivity contribution in [3.8, 4) is 11.5 Å². The normalized spacial score (nSPS) is 19.1. The molecule has 5 rings (SSSR count). The van der Waals surface area contributed by atoms with Gasteiger partial charge < -0.3 is 19.3 Å². The summed E-state index contributed by atoms with van der Waals surface area (Å²) in [5.41, 5.74) is 0.801. The number of amides is 1. The molecule has 0 radical (unpaired) electrons. The topological polar surface area (TPSA) is 85.6 Å². The number of nitrogens with zero attached hydrogens (tertiary/aromatic N) is 6. The van der Waals surface area contributed by atoms with Crippen LogP contribution < -0.4 is 14.4 Å². The van der Waals surface area contributed by atoms with Crippen molar-refractivity contribution in [2.75, 3.05) is 37.7 Å². The third kappa shape index (κ3) is 2.79. The lowest BCUT2D eigenvalue weighted by atomic mass is 10.2. The van der Waals surface area contributed by atoms with E-state index < -0.39 is 6.10 Å². The highest BCUT2D eigenvalue weighted by atomic mass is 16.6. The number of fused-ring (bicyclic) bond motifs is 2. The number of aromatic nitrogens is 4. The van der Waals surface area contributed by atoms with E-state index in [1.54, 1.807) is 17.2 Å². The molecule has 1 saturated heterocycles. The first-order valence-electron chi connectivity index (χ1n) is 9.25. The number of rotatable bonds is 2. The fraction of sp³-hybridized carbons (Fsp3) is 0.368. The zero-order valence-electron chi connectivity index (χ0n) is 15.5. The van der Waals surface area contributed by atoms with Gasteiger partial charge in [0.2, 0.25) is 6.10 Å². The number of aryl methyl sites for hydroxylation is 1. The van der Waals surface area contributed by atoms with Crippen molar-refractivity contribution in [1.82, 2.24) is 24.6 Å². The van der Waals surface area contributed by atoms with E-state index in [9.17, 15) is 4.79 Å². The molecule has 2 aromatic heterocycles. The number of benzene rings is 1. The molecule has 0 saturated carbocycles. The summed E-state index contributed by atoms with van der Waals surface area (Å²) in [5, 5.41) is 5.19. The number of para-hydroxylation sites is 2. The van der Waals surface area contributed by atoms with E-state index in [4.69, 9.17) is 9.47 Å². The van der Waals surface area contributed by atoms with Gasteiger partial charge in [-0.25, -0.2) is 9.97 Å². The second kappa shape index (κ2) is 6.66. The molecule has 0 N–H and O–H groups in total. The Hall–Kier alpha value is -3.36. The van der Waals surface area contributed by atoms with Gasteiger partial charge in [-0.2, -0.15) is 5.10 Å². The standard InChI is InChI=1S/C19H20N6O3/c1-23-17-13(10-22-23)18(21-12-20-17)24-6-8-25(9-7-24)19(26)16-11-27-14-4-2-3-5-15(14)28-16/h2-5,10,12,16H,6-9,11H2,1H3. The van der Waals surface area contributed by atoms with Crippen molar-refractivity contribution >= 4 is 22.8 Å². The van der Waals surface area contributed by atoms with Crippen molar-refractivity contribution in [2.24, 2.45) is 7.05 Å². The highest BCUT2D eigenvalue weighted by Gasteiger charge is 2.33. The minimum absolute atomic E-state index is 0.0386. The molecule has 28 heavy (non-hydrogen) atoms. The number of carbonyl (C=O) groups is 1. The largest absolute Gasteiger partial charge is 0.485 e. The molecule has 1 atom stereocenters. The Morgan fingerprint density at radius 3 is 2.71 bits per heavy atom. The maximum atomic E-state index is 12.9. The molecule has 9 heteroatoms. The van der Waals surface area contributed by atoms with E-state index >= 15 is 0 Å². The maximum Gasteiger partial charge on any atom is 0.267 e. The number of anilines is 1. The van der Waals surface area contributed by atoms with Crippen LogP contribution in [0.25, 0.3) is 11.0 Å². The third-order valence-electron chi connectivity index (χ3n) is 5.18. The summed E-state index contributed by atoms with van der Waals surface area (Å²) in [5.74, 6) is 2.12. The maximum absolute atomic E-state index is 12.9. The van der Waals surface area contributed by atoms with Gasteiger partial charge in [0.1, 0.15) is 18.8 Å². The average Bonchev–Trinajstić information content (AvgIpc) is 3.14. The predicted molar refractivity (Wildman–Crippen MR) is 101 cm³/mol. The summed E-state index contributed by atoms with van der Waals surface area (Å²) < 4.78 is 13.3. The fourth-order valence-electron chi connectivity index (χ4n) is 3.69. The van der Waals surface area contributed by atoms with E-state index in [2.05, 4.69) is 20.0 Å². The summed E-state index contributed by atoms with van der Waals surface area (Å²) >= 11 is 0. The SMILES string of the molecule is Cn1ncc2c(N3CCN(C(=O)C4COc5ccccc5O4)CC3)ncnc21. The highest BCUT2D eigenvalue weighted by Crippen LogP contribution is 2.31. The second-order valence-corrected chi connectivity index (χ2v) is 6.88. The van der Waals surface area contributed by atoms with Crippen molar-refractivity contribution in [1.29, 1.82) is 0 Å². The third-order valence-corrected chi connectivity index (χ3v) is 5.18. The van der Waals surface area contributed by atoms with Crippen molar-refractivity contribution < 1.29 is 14.3 Å². The number of ether oxygens (including phenoxy) is 2. The number of piperazine rings is 1. The van der Waals surface area contributed by atoms with Crippen LogP contribution in [0.15, 0.2) is 36.8 Å². The molecule has 0 bridgehead atoms. The van der Waals surface area contributed by atoms with Gasteiger partial charge in [-0.05, 0) is 12.1 Å². The predicted octanol–water partition coefficient (Wildman–Crippen LogP) is 0.852. The van der Waals surface area contributed by atoms with Crippen molar-refractivity contribution in [2.45, 2.75) is 6.10 Å². The molecular weight excluding hydrogens is 360 g/mol. The zero-order valence-corrected chi connectivity index (χ0v) is 15.5. The number of carbonyl (C=O) groups excluding carboxylic acids is 1. The summed E-state index contributed by atoms with van der Waals surface area (Å²) in [6, 6.07) is 7.42. The number of hydrogen-bond donors (Lipinski definition) is 0. The van der Waals surface area contributed by atoms with Crippen LogP contribution in [-0.4, -0.2) is 69.4 Å². The van der Waals surface area contributed by atoms with Crippen LogP contribution in [0.4, 0.5) is 5.82 Å². The summed E-state index contributed by atoms with van der Waals surface area (Å²) in [4.78, 5) is 25.6.